The molecule has 0 aromatic heterocycles. The van der Waals surface area contributed by atoms with Crippen molar-refractivity contribution in [3.63, 3.8) is 0 Å². The van der Waals surface area contributed by atoms with Crippen molar-refractivity contribution < 1.29 is 9.13 Å². The lowest BCUT2D eigenvalue weighted by Gasteiger charge is -2.06. The van der Waals surface area contributed by atoms with Gasteiger partial charge in [0.1, 0.15) is 11.6 Å². The van der Waals surface area contributed by atoms with Crippen LogP contribution in [0.4, 0.5) is 4.39 Å². The fraction of sp³-hybridized carbons (Fsp3) is 0.500. The van der Waals surface area contributed by atoms with E-state index in [1.807, 2.05) is 0 Å². The second-order valence-corrected chi connectivity index (χ2v) is 3.89. The van der Waals surface area contributed by atoms with Crippen LogP contribution in [0.5, 0.6) is 5.75 Å². The summed E-state index contributed by atoms with van der Waals surface area (Å²) in [6.45, 7) is 1.63. The third-order valence-corrected chi connectivity index (χ3v) is 2.40. The molecule has 2 rings (SSSR count). The third-order valence-electron chi connectivity index (χ3n) is 2.40. The molecule has 82 valence electrons. The van der Waals surface area contributed by atoms with E-state index in [-0.39, 0.29) is 5.82 Å². The first-order valence-electron chi connectivity index (χ1n) is 5.46. The summed E-state index contributed by atoms with van der Waals surface area (Å²) >= 11 is 0. The zero-order chi connectivity index (χ0) is 10.5. The summed E-state index contributed by atoms with van der Waals surface area (Å²) < 4.78 is 18.2. The summed E-state index contributed by atoms with van der Waals surface area (Å²) in [5, 5.41) is 3.40. The van der Waals surface area contributed by atoms with Gasteiger partial charge in [-0.15, -0.1) is 0 Å². The van der Waals surface area contributed by atoms with Crippen LogP contribution in [-0.2, 0) is 0 Å². The van der Waals surface area contributed by atoms with E-state index < -0.39 is 0 Å². The highest BCUT2D eigenvalue weighted by Gasteiger charge is 2.19. The Bertz CT molecular complexity index is 312. The van der Waals surface area contributed by atoms with E-state index in [0.29, 0.717) is 12.4 Å². The van der Waals surface area contributed by atoms with Gasteiger partial charge in [-0.3, -0.25) is 0 Å². The zero-order valence-corrected chi connectivity index (χ0v) is 8.71. The van der Waals surface area contributed by atoms with Gasteiger partial charge in [-0.05, 0) is 37.9 Å². The molecule has 3 heteroatoms. The molecule has 1 aromatic rings. The van der Waals surface area contributed by atoms with Crippen molar-refractivity contribution >= 4 is 0 Å². The maximum absolute atomic E-state index is 12.8. The number of halogens is 1. The molecule has 0 spiro atoms. The lowest BCUT2D eigenvalue weighted by atomic mass is 10.3. The van der Waals surface area contributed by atoms with Gasteiger partial charge in [0.25, 0.3) is 0 Å². The van der Waals surface area contributed by atoms with E-state index in [0.717, 1.165) is 19.0 Å². The molecule has 1 aromatic carbocycles. The van der Waals surface area contributed by atoms with Crippen LogP contribution in [0.3, 0.4) is 0 Å². The summed E-state index contributed by atoms with van der Waals surface area (Å²) in [6, 6.07) is 7.01. The summed E-state index contributed by atoms with van der Waals surface area (Å²) in [6.07, 6.45) is 3.59. The van der Waals surface area contributed by atoms with Crippen molar-refractivity contribution in [1.82, 2.24) is 5.32 Å². The molecule has 0 bridgehead atoms. The Morgan fingerprint density at radius 3 is 3.00 bits per heavy atom. The molecule has 0 unspecified atom stereocenters. The molecular formula is C12H16FNO. The smallest absolute Gasteiger partial charge is 0.126 e. The van der Waals surface area contributed by atoms with Gasteiger partial charge < -0.3 is 10.1 Å². The molecule has 0 atom stereocenters. The van der Waals surface area contributed by atoms with Crippen molar-refractivity contribution in [3.8, 4) is 5.75 Å². The van der Waals surface area contributed by atoms with E-state index in [2.05, 4.69) is 5.32 Å². The maximum atomic E-state index is 12.8. The van der Waals surface area contributed by atoms with E-state index in [4.69, 9.17) is 4.74 Å². The predicted molar refractivity (Wildman–Crippen MR) is 57.5 cm³/mol. The molecular weight excluding hydrogens is 193 g/mol. The Morgan fingerprint density at radius 1 is 1.40 bits per heavy atom. The highest BCUT2D eigenvalue weighted by atomic mass is 19.1. The minimum atomic E-state index is -0.247. The van der Waals surface area contributed by atoms with Crippen molar-refractivity contribution in [3.05, 3.63) is 30.1 Å². The van der Waals surface area contributed by atoms with Crippen molar-refractivity contribution in [2.24, 2.45) is 0 Å². The lowest BCUT2D eigenvalue weighted by Crippen LogP contribution is -2.19. The van der Waals surface area contributed by atoms with E-state index in [1.165, 1.54) is 25.0 Å². The predicted octanol–water partition coefficient (Wildman–Crippen LogP) is 2.35. The normalized spacial score (nSPS) is 15.3. The van der Waals surface area contributed by atoms with Gasteiger partial charge in [0.05, 0.1) is 6.61 Å². The van der Waals surface area contributed by atoms with Gasteiger partial charge in [0.2, 0.25) is 0 Å². The van der Waals surface area contributed by atoms with Gasteiger partial charge in [0, 0.05) is 12.1 Å². The topological polar surface area (TPSA) is 21.3 Å². The number of benzene rings is 1. The molecule has 0 amide bonds. The van der Waals surface area contributed by atoms with Crippen LogP contribution in [0, 0.1) is 5.82 Å². The van der Waals surface area contributed by atoms with E-state index in [1.54, 1.807) is 12.1 Å². The molecule has 2 nitrogen and oxygen atoms in total. The van der Waals surface area contributed by atoms with Crippen molar-refractivity contribution in [1.29, 1.82) is 0 Å². The molecule has 0 aliphatic heterocycles. The van der Waals surface area contributed by atoms with Crippen LogP contribution in [-0.4, -0.2) is 19.2 Å². The van der Waals surface area contributed by atoms with Gasteiger partial charge >= 0.3 is 0 Å². The van der Waals surface area contributed by atoms with Crippen LogP contribution in [0.2, 0.25) is 0 Å². The van der Waals surface area contributed by atoms with Gasteiger partial charge in [-0.25, -0.2) is 4.39 Å². The summed E-state index contributed by atoms with van der Waals surface area (Å²) in [7, 11) is 0. The molecule has 15 heavy (non-hydrogen) atoms. The highest BCUT2D eigenvalue weighted by Crippen LogP contribution is 2.18. The zero-order valence-electron chi connectivity index (χ0n) is 8.71. The summed E-state index contributed by atoms with van der Waals surface area (Å²) in [4.78, 5) is 0. The molecule has 1 saturated carbocycles. The van der Waals surface area contributed by atoms with Crippen LogP contribution in [0.15, 0.2) is 24.3 Å². The largest absolute Gasteiger partial charge is 0.493 e. The Balaban J connectivity index is 1.60. The molecule has 1 fully saturated rings. The highest BCUT2D eigenvalue weighted by molar-refractivity contribution is 5.22. The van der Waals surface area contributed by atoms with E-state index in [9.17, 15) is 4.39 Å². The Morgan fingerprint density at radius 2 is 2.27 bits per heavy atom. The molecule has 0 saturated heterocycles. The molecule has 0 radical (unpaired) electrons. The summed E-state index contributed by atoms with van der Waals surface area (Å²) in [5.74, 6) is 0.366. The number of rotatable bonds is 6. The number of nitrogens with one attached hydrogen (secondary N) is 1. The molecule has 1 N–H and O–H groups in total. The second kappa shape index (κ2) is 5.12. The van der Waals surface area contributed by atoms with Crippen LogP contribution >= 0.6 is 0 Å². The maximum Gasteiger partial charge on any atom is 0.126 e. The van der Waals surface area contributed by atoms with Gasteiger partial charge in [-0.1, -0.05) is 6.07 Å². The second-order valence-electron chi connectivity index (χ2n) is 3.89. The van der Waals surface area contributed by atoms with Gasteiger partial charge in [-0.2, -0.15) is 0 Å². The number of hydrogen-bond acceptors (Lipinski definition) is 2. The fourth-order valence-corrected chi connectivity index (χ4v) is 1.41. The minimum absolute atomic E-state index is 0.247. The monoisotopic (exact) mass is 209 g/mol. The van der Waals surface area contributed by atoms with Crippen molar-refractivity contribution in [2.45, 2.75) is 25.3 Å². The third kappa shape index (κ3) is 3.88. The Labute approximate surface area is 89.4 Å². The lowest BCUT2D eigenvalue weighted by molar-refractivity contribution is 0.306. The standard InChI is InChI=1S/C12H16FNO/c13-10-3-1-4-12(9-10)15-8-2-7-14-11-5-6-11/h1,3-4,9,11,14H,2,5-8H2. The average molecular weight is 209 g/mol. The molecule has 0 heterocycles. The van der Waals surface area contributed by atoms with Crippen molar-refractivity contribution in [2.75, 3.05) is 13.2 Å². The first kappa shape index (κ1) is 10.4. The van der Waals surface area contributed by atoms with Gasteiger partial charge in [0.15, 0.2) is 0 Å². The first-order valence-corrected chi connectivity index (χ1v) is 5.46. The SMILES string of the molecule is Fc1cccc(OCCCNC2CC2)c1. The van der Waals surface area contributed by atoms with Crippen LogP contribution in [0.25, 0.3) is 0 Å². The molecule has 1 aliphatic rings. The average Bonchev–Trinajstić information content (AvgIpc) is 3.01. The number of hydrogen-bond donors (Lipinski definition) is 1. The molecule has 1 aliphatic carbocycles. The quantitative estimate of drug-likeness (QED) is 0.726. The Hall–Kier alpha value is -1.09. The van der Waals surface area contributed by atoms with E-state index >= 15 is 0 Å². The first-order chi connectivity index (χ1) is 7.34. The van der Waals surface area contributed by atoms with Crippen LogP contribution < -0.4 is 10.1 Å². The Kier molecular flexibility index (Phi) is 3.56. The summed E-state index contributed by atoms with van der Waals surface area (Å²) in [5.41, 5.74) is 0. The fourth-order valence-electron chi connectivity index (χ4n) is 1.41. The van der Waals surface area contributed by atoms with Crippen LogP contribution in [0.1, 0.15) is 19.3 Å². The number of ether oxygens (including phenoxy) is 1. The minimum Gasteiger partial charge on any atom is -0.493 e.